The van der Waals surface area contributed by atoms with E-state index in [1.54, 1.807) is 49.4 Å². The first-order valence-electron chi connectivity index (χ1n) is 7.84. The van der Waals surface area contributed by atoms with Crippen molar-refractivity contribution in [2.45, 2.75) is 32.4 Å². The summed E-state index contributed by atoms with van der Waals surface area (Å²) in [6.07, 6.45) is -0.772. The molecular formula is C19H20ClNO4. The highest BCUT2D eigenvalue weighted by molar-refractivity contribution is 6.30. The molecule has 0 aliphatic heterocycles. The molecule has 0 aliphatic carbocycles. The molecule has 6 heteroatoms. The molecule has 0 radical (unpaired) electrons. The topological polar surface area (TPSA) is 86.6 Å². The Morgan fingerprint density at radius 1 is 1.20 bits per heavy atom. The molecule has 0 aliphatic rings. The van der Waals surface area contributed by atoms with Crippen molar-refractivity contribution in [1.82, 2.24) is 5.32 Å². The van der Waals surface area contributed by atoms with Gasteiger partial charge in [0.1, 0.15) is 0 Å². The van der Waals surface area contributed by atoms with E-state index in [-0.39, 0.29) is 11.6 Å². The van der Waals surface area contributed by atoms with Crippen LogP contribution in [0.5, 0.6) is 0 Å². The maximum atomic E-state index is 12.2. The van der Waals surface area contributed by atoms with Gasteiger partial charge in [0.2, 0.25) is 0 Å². The highest BCUT2D eigenvalue weighted by atomic mass is 35.5. The molecule has 0 spiro atoms. The summed E-state index contributed by atoms with van der Waals surface area (Å²) in [5.74, 6) is -1.47. The molecule has 2 unspecified atom stereocenters. The minimum atomic E-state index is -1.29. The largest absolute Gasteiger partial charge is 0.478 e. The molecule has 2 aromatic carbocycles. The number of benzene rings is 2. The van der Waals surface area contributed by atoms with Gasteiger partial charge in [-0.15, -0.1) is 0 Å². The molecule has 0 saturated heterocycles. The number of aryl methyl sites for hydroxylation is 1. The van der Waals surface area contributed by atoms with Crippen molar-refractivity contribution >= 4 is 23.5 Å². The van der Waals surface area contributed by atoms with Gasteiger partial charge in [0.15, 0.2) is 6.10 Å². The first-order valence-corrected chi connectivity index (χ1v) is 8.22. The minimum Gasteiger partial charge on any atom is -0.478 e. The van der Waals surface area contributed by atoms with Crippen molar-refractivity contribution in [3.63, 3.8) is 0 Å². The third-order valence-corrected chi connectivity index (χ3v) is 4.10. The summed E-state index contributed by atoms with van der Waals surface area (Å²) in [7, 11) is 0. The van der Waals surface area contributed by atoms with Crippen LogP contribution < -0.4 is 5.32 Å². The number of halogens is 1. The fraction of sp³-hybridized carbons (Fsp3) is 0.263. The van der Waals surface area contributed by atoms with Crippen molar-refractivity contribution < 1.29 is 19.8 Å². The van der Waals surface area contributed by atoms with Crippen molar-refractivity contribution in [1.29, 1.82) is 0 Å². The monoisotopic (exact) mass is 361 g/mol. The highest BCUT2D eigenvalue weighted by Crippen LogP contribution is 2.18. The van der Waals surface area contributed by atoms with Gasteiger partial charge in [-0.1, -0.05) is 35.9 Å². The van der Waals surface area contributed by atoms with Crippen LogP contribution in [0.25, 0.3) is 0 Å². The maximum absolute atomic E-state index is 12.2. The van der Waals surface area contributed by atoms with Crippen LogP contribution in [0, 0.1) is 6.92 Å². The molecule has 0 saturated carbocycles. The van der Waals surface area contributed by atoms with E-state index in [4.69, 9.17) is 16.7 Å². The Hall–Kier alpha value is -2.37. The first-order chi connectivity index (χ1) is 11.8. The lowest BCUT2D eigenvalue weighted by Gasteiger charge is -2.18. The average molecular weight is 362 g/mol. The molecular weight excluding hydrogens is 342 g/mol. The van der Waals surface area contributed by atoms with E-state index in [1.807, 2.05) is 6.92 Å². The maximum Gasteiger partial charge on any atom is 0.335 e. The molecule has 2 atom stereocenters. The van der Waals surface area contributed by atoms with E-state index in [9.17, 15) is 14.7 Å². The third-order valence-electron chi connectivity index (χ3n) is 3.86. The quantitative estimate of drug-likeness (QED) is 0.737. The van der Waals surface area contributed by atoms with Gasteiger partial charge in [0.25, 0.3) is 5.91 Å². The summed E-state index contributed by atoms with van der Waals surface area (Å²) < 4.78 is 0. The van der Waals surface area contributed by atoms with E-state index in [2.05, 4.69) is 5.32 Å². The number of carbonyl (C=O) groups excluding carboxylic acids is 1. The van der Waals surface area contributed by atoms with E-state index < -0.39 is 18.0 Å². The van der Waals surface area contributed by atoms with Crippen molar-refractivity contribution in [2.75, 3.05) is 0 Å². The van der Waals surface area contributed by atoms with Crippen LogP contribution in [0.15, 0.2) is 42.5 Å². The zero-order valence-electron chi connectivity index (χ0n) is 14.0. The number of rotatable bonds is 6. The van der Waals surface area contributed by atoms with Crippen molar-refractivity contribution in [3.05, 3.63) is 69.7 Å². The summed E-state index contributed by atoms with van der Waals surface area (Å²) in [6.45, 7) is 3.56. The number of hydrogen-bond acceptors (Lipinski definition) is 3. The number of aromatic carboxylic acids is 1. The number of amides is 1. The van der Waals surface area contributed by atoms with Gasteiger partial charge in [0, 0.05) is 11.1 Å². The second kappa shape index (κ2) is 8.14. The van der Waals surface area contributed by atoms with Crippen molar-refractivity contribution in [3.8, 4) is 0 Å². The van der Waals surface area contributed by atoms with Gasteiger partial charge in [0.05, 0.1) is 5.56 Å². The fourth-order valence-electron chi connectivity index (χ4n) is 2.65. The molecule has 0 bridgehead atoms. The Bertz CT molecular complexity index is 791. The fourth-order valence-corrected chi connectivity index (χ4v) is 2.85. The Labute approximate surface area is 151 Å². The summed E-state index contributed by atoms with van der Waals surface area (Å²) >= 11 is 5.87. The number of carboxylic acids is 1. The first kappa shape index (κ1) is 19.0. The second-order valence-electron chi connectivity index (χ2n) is 6.03. The summed E-state index contributed by atoms with van der Waals surface area (Å²) in [5, 5.41) is 22.4. The number of aliphatic hydroxyl groups excluding tert-OH is 1. The molecule has 2 aromatic rings. The molecule has 3 N–H and O–H groups in total. The van der Waals surface area contributed by atoms with E-state index in [0.717, 1.165) is 5.56 Å². The van der Waals surface area contributed by atoms with Gasteiger partial charge < -0.3 is 15.5 Å². The van der Waals surface area contributed by atoms with Gasteiger partial charge in [-0.2, -0.15) is 0 Å². The van der Waals surface area contributed by atoms with Gasteiger partial charge >= 0.3 is 5.97 Å². The van der Waals surface area contributed by atoms with E-state index in [0.29, 0.717) is 22.6 Å². The minimum absolute atomic E-state index is 0.226. The predicted octanol–water partition coefficient (Wildman–Crippen LogP) is 3.13. The number of aliphatic hydroxyl groups is 1. The Morgan fingerprint density at radius 3 is 2.52 bits per heavy atom. The van der Waals surface area contributed by atoms with Gasteiger partial charge in [-0.25, -0.2) is 4.79 Å². The Morgan fingerprint density at radius 2 is 1.92 bits per heavy atom. The number of carbonyl (C=O) groups is 2. The number of nitrogens with one attached hydrogen (secondary N) is 1. The van der Waals surface area contributed by atoms with Crippen LogP contribution in [0.1, 0.15) is 40.1 Å². The van der Waals surface area contributed by atoms with Gasteiger partial charge in [-0.3, -0.25) is 4.79 Å². The molecule has 0 aromatic heterocycles. The Kier molecular flexibility index (Phi) is 6.17. The SMILES string of the molecule is Cc1cc(CC(C)NC(=O)C(O)c2cccc(Cl)c2)ccc1C(=O)O. The standard InChI is InChI=1S/C19H20ClNO4/c1-11-8-13(6-7-16(11)19(24)25)9-12(2)21-18(23)17(22)14-4-3-5-15(20)10-14/h3-8,10,12,17,22H,9H2,1-2H3,(H,21,23)(H,24,25). The smallest absolute Gasteiger partial charge is 0.335 e. The normalized spacial score (nSPS) is 13.1. The van der Waals surface area contributed by atoms with Crippen LogP contribution in [-0.4, -0.2) is 28.1 Å². The van der Waals surface area contributed by atoms with E-state index >= 15 is 0 Å². The molecule has 0 heterocycles. The van der Waals surface area contributed by atoms with Crippen molar-refractivity contribution in [2.24, 2.45) is 0 Å². The summed E-state index contributed by atoms with van der Waals surface area (Å²) in [5.41, 5.74) is 2.27. The number of carboxylic acid groups (broad SMARTS) is 1. The average Bonchev–Trinajstić information content (AvgIpc) is 2.53. The van der Waals surface area contributed by atoms with E-state index in [1.165, 1.54) is 0 Å². The highest BCUT2D eigenvalue weighted by Gasteiger charge is 2.19. The van der Waals surface area contributed by atoms with Crippen LogP contribution >= 0.6 is 11.6 Å². The molecule has 2 rings (SSSR count). The lowest BCUT2D eigenvalue weighted by atomic mass is 10.0. The molecule has 0 fully saturated rings. The molecule has 5 nitrogen and oxygen atoms in total. The van der Waals surface area contributed by atoms with Gasteiger partial charge in [-0.05, 0) is 55.2 Å². The number of hydrogen-bond donors (Lipinski definition) is 3. The molecule has 25 heavy (non-hydrogen) atoms. The van der Waals surface area contributed by atoms with Crippen LogP contribution in [0.3, 0.4) is 0 Å². The summed E-state index contributed by atoms with van der Waals surface area (Å²) in [4.78, 5) is 23.2. The third kappa shape index (κ3) is 5.05. The second-order valence-corrected chi connectivity index (χ2v) is 6.46. The van der Waals surface area contributed by atoms with Crippen LogP contribution in [0.2, 0.25) is 5.02 Å². The lowest BCUT2D eigenvalue weighted by molar-refractivity contribution is -0.130. The molecule has 1 amide bonds. The summed E-state index contributed by atoms with van der Waals surface area (Å²) in [6, 6.07) is 11.4. The predicted molar refractivity (Wildman–Crippen MR) is 95.9 cm³/mol. The lowest BCUT2D eigenvalue weighted by Crippen LogP contribution is -2.37. The Balaban J connectivity index is 1.99. The zero-order chi connectivity index (χ0) is 18.6. The zero-order valence-corrected chi connectivity index (χ0v) is 14.7. The van der Waals surface area contributed by atoms with Crippen LogP contribution in [-0.2, 0) is 11.2 Å². The molecule has 132 valence electrons. The van der Waals surface area contributed by atoms with Crippen LogP contribution in [0.4, 0.5) is 0 Å².